The quantitative estimate of drug-likeness (QED) is 0.829. The molecule has 0 amide bonds. The van der Waals surface area contributed by atoms with Crippen LogP contribution < -0.4 is 5.32 Å². The molecule has 1 aromatic heterocycles. The number of hydrogen-bond acceptors (Lipinski definition) is 3. The van der Waals surface area contributed by atoms with E-state index in [4.69, 9.17) is 0 Å². The summed E-state index contributed by atoms with van der Waals surface area (Å²) in [6.07, 6.45) is 1.86. The van der Waals surface area contributed by atoms with E-state index in [0.29, 0.717) is 0 Å². The van der Waals surface area contributed by atoms with Crippen LogP contribution in [0.1, 0.15) is 12.6 Å². The lowest BCUT2D eigenvalue weighted by atomic mass is 9.98. The summed E-state index contributed by atoms with van der Waals surface area (Å²) in [5.41, 5.74) is 1.16. The molecule has 1 N–H and O–H groups in total. The molecule has 2 atom stereocenters. The molecule has 0 aromatic carbocycles. The Bertz CT molecular complexity index is 312. The third kappa shape index (κ3) is 3.03. The van der Waals surface area contributed by atoms with Gasteiger partial charge in [0.25, 0.3) is 0 Å². The lowest BCUT2D eigenvalue weighted by Crippen LogP contribution is -2.29. The van der Waals surface area contributed by atoms with Gasteiger partial charge >= 0.3 is 0 Å². The molecule has 0 aliphatic carbocycles. The number of hydrogen-bond donors (Lipinski definition) is 1. The fourth-order valence-corrected chi connectivity index (χ4v) is 2.34. The standard InChI is InChI=1S/C13H21N3/c1-11-7-14-8-12(11)9-16(2)10-13-5-3-4-6-15-13/h3-6,11-12,14H,7-10H2,1-2H3. The van der Waals surface area contributed by atoms with E-state index in [1.165, 1.54) is 6.54 Å². The summed E-state index contributed by atoms with van der Waals surface area (Å²) in [7, 11) is 2.18. The first-order valence-corrected chi connectivity index (χ1v) is 6.05. The lowest BCUT2D eigenvalue weighted by molar-refractivity contribution is 0.250. The fraction of sp³-hybridized carbons (Fsp3) is 0.615. The highest BCUT2D eigenvalue weighted by atomic mass is 15.1. The Morgan fingerprint density at radius 1 is 1.44 bits per heavy atom. The summed E-state index contributed by atoms with van der Waals surface area (Å²) < 4.78 is 0. The SMILES string of the molecule is CC1CNCC1CN(C)Cc1ccccn1. The molecule has 0 bridgehead atoms. The minimum Gasteiger partial charge on any atom is -0.316 e. The van der Waals surface area contributed by atoms with Crippen molar-refractivity contribution in [1.82, 2.24) is 15.2 Å². The second-order valence-corrected chi connectivity index (χ2v) is 4.91. The third-order valence-electron chi connectivity index (χ3n) is 3.38. The van der Waals surface area contributed by atoms with Crippen LogP contribution >= 0.6 is 0 Å². The Balaban J connectivity index is 1.82. The molecule has 1 fully saturated rings. The summed E-state index contributed by atoms with van der Waals surface area (Å²) in [5.74, 6) is 1.58. The first kappa shape index (κ1) is 11.6. The van der Waals surface area contributed by atoms with Crippen LogP contribution in [0.25, 0.3) is 0 Å². The molecule has 0 saturated carbocycles. The average molecular weight is 219 g/mol. The second kappa shape index (κ2) is 5.41. The maximum absolute atomic E-state index is 4.36. The third-order valence-corrected chi connectivity index (χ3v) is 3.38. The van der Waals surface area contributed by atoms with Gasteiger partial charge in [0.05, 0.1) is 5.69 Å². The number of rotatable bonds is 4. The van der Waals surface area contributed by atoms with Gasteiger partial charge in [0, 0.05) is 19.3 Å². The zero-order chi connectivity index (χ0) is 11.4. The molecule has 1 saturated heterocycles. The van der Waals surface area contributed by atoms with E-state index in [9.17, 15) is 0 Å². The van der Waals surface area contributed by atoms with E-state index in [1.54, 1.807) is 0 Å². The van der Waals surface area contributed by atoms with Crippen molar-refractivity contribution in [3.63, 3.8) is 0 Å². The van der Waals surface area contributed by atoms with Gasteiger partial charge in [-0.2, -0.15) is 0 Å². The highest BCUT2D eigenvalue weighted by Gasteiger charge is 2.23. The zero-order valence-corrected chi connectivity index (χ0v) is 10.2. The molecule has 1 aliphatic heterocycles. The van der Waals surface area contributed by atoms with Gasteiger partial charge in [0.15, 0.2) is 0 Å². The van der Waals surface area contributed by atoms with Gasteiger partial charge in [-0.25, -0.2) is 0 Å². The Morgan fingerprint density at radius 3 is 2.94 bits per heavy atom. The second-order valence-electron chi connectivity index (χ2n) is 4.91. The highest BCUT2D eigenvalue weighted by molar-refractivity contribution is 5.03. The van der Waals surface area contributed by atoms with Crippen LogP contribution in [-0.2, 0) is 6.54 Å². The topological polar surface area (TPSA) is 28.2 Å². The van der Waals surface area contributed by atoms with Gasteiger partial charge in [0.1, 0.15) is 0 Å². The first-order valence-electron chi connectivity index (χ1n) is 6.05. The maximum Gasteiger partial charge on any atom is 0.0543 e. The van der Waals surface area contributed by atoms with Crippen LogP contribution in [0.5, 0.6) is 0 Å². The van der Waals surface area contributed by atoms with E-state index in [-0.39, 0.29) is 0 Å². The maximum atomic E-state index is 4.36. The van der Waals surface area contributed by atoms with Crippen molar-refractivity contribution in [3.05, 3.63) is 30.1 Å². The summed E-state index contributed by atoms with van der Waals surface area (Å²) in [4.78, 5) is 6.73. The molecule has 2 rings (SSSR count). The number of aromatic nitrogens is 1. The van der Waals surface area contributed by atoms with Gasteiger partial charge in [-0.15, -0.1) is 0 Å². The Labute approximate surface area is 97.9 Å². The van der Waals surface area contributed by atoms with Gasteiger partial charge < -0.3 is 10.2 Å². The molecule has 3 nitrogen and oxygen atoms in total. The van der Waals surface area contributed by atoms with E-state index < -0.39 is 0 Å². The highest BCUT2D eigenvalue weighted by Crippen LogP contribution is 2.17. The van der Waals surface area contributed by atoms with E-state index in [0.717, 1.165) is 37.2 Å². The predicted molar refractivity (Wildman–Crippen MR) is 66.1 cm³/mol. The summed E-state index contributed by atoms with van der Waals surface area (Å²) in [5, 5.41) is 3.45. The van der Waals surface area contributed by atoms with Crippen LogP contribution in [0.3, 0.4) is 0 Å². The van der Waals surface area contributed by atoms with Gasteiger partial charge in [0.2, 0.25) is 0 Å². The van der Waals surface area contributed by atoms with Crippen LogP contribution in [0.15, 0.2) is 24.4 Å². The largest absolute Gasteiger partial charge is 0.316 e. The lowest BCUT2D eigenvalue weighted by Gasteiger charge is -2.22. The summed E-state index contributed by atoms with van der Waals surface area (Å²) >= 11 is 0. The van der Waals surface area contributed by atoms with Gasteiger partial charge in [-0.1, -0.05) is 13.0 Å². The zero-order valence-electron chi connectivity index (χ0n) is 10.2. The molecule has 0 spiro atoms. The van der Waals surface area contributed by atoms with Crippen molar-refractivity contribution in [2.75, 3.05) is 26.7 Å². The molecule has 2 heterocycles. The van der Waals surface area contributed by atoms with Crippen molar-refractivity contribution in [2.24, 2.45) is 11.8 Å². The summed E-state index contributed by atoms with van der Waals surface area (Å²) in [6.45, 7) is 6.77. The van der Waals surface area contributed by atoms with Crippen molar-refractivity contribution >= 4 is 0 Å². The molecule has 3 heteroatoms. The molecule has 0 radical (unpaired) electrons. The Morgan fingerprint density at radius 2 is 2.31 bits per heavy atom. The van der Waals surface area contributed by atoms with Crippen LogP contribution in [0.2, 0.25) is 0 Å². The molecule has 16 heavy (non-hydrogen) atoms. The molecule has 1 aromatic rings. The number of nitrogens with one attached hydrogen (secondary N) is 1. The van der Waals surface area contributed by atoms with Crippen LogP contribution in [0, 0.1) is 11.8 Å². The number of nitrogens with zero attached hydrogens (tertiary/aromatic N) is 2. The van der Waals surface area contributed by atoms with Crippen LogP contribution in [0.4, 0.5) is 0 Å². The van der Waals surface area contributed by atoms with Crippen molar-refractivity contribution in [3.8, 4) is 0 Å². The minimum atomic E-state index is 0.786. The number of pyridine rings is 1. The predicted octanol–water partition coefficient (Wildman–Crippen LogP) is 1.37. The molecular formula is C13H21N3. The molecular weight excluding hydrogens is 198 g/mol. The normalized spacial score (nSPS) is 25.2. The molecule has 2 unspecified atom stereocenters. The van der Waals surface area contributed by atoms with E-state index in [1.807, 2.05) is 12.3 Å². The Hall–Kier alpha value is -0.930. The smallest absolute Gasteiger partial charge is 0.0543 e. The Kier molecular flexibility index (Phi) is 3.91. The van der Waals surface area contributed by atoms with Crippen LogP contribution in [-0.4, -0.2) is 36.6 Å². The van der Waals surface area contributed by atoms with Gasteiger partial charge in [-0.3, -0.25) is 4.98 Å². The molecule has 88 valence electrons. The van der Waals surface area contributed by atoms with Crippen molar-refractivity contribution in [2.45, 2.75) is 13.5 Å². The fourth-order valence-electron chi connectivity index (χ4n) is 2.34. The molecule has 1 aliphatic rings. The van der Waals surface area contributed by atoms with E-state index >= 15 is 0 Å². The van der Waals surface area contributed by atoms with Gasteiger partial charge in [-0.05, 0) is 44.1 Å². The van der Waals surface area contributed by atoms with Crippen molar-refractivity contribution < 1.29 is 0 Å². The monoisotopic (exact) mass is 219 g/mol. The first-order chi connectivity index (χ1) is 7.75. The average Bonchev–Trinajstić information content (AvgIpc) is 2.66. The van der Waals surface area contributed by atoms with Crippen molar-refractivity contribution in [1.29, 1.82) is 0 Å². The van der Waals surface area contributed by atoms with E-state index in [2.05, 4.69) is 41.3 Å². The minimum absolute atomic E-state index is 0.786. The summed E-state index contributed by atoms with van der Waals surface area (Å²) in [6, 6.07) is 6.11.